The Bertz CT molecular complexity index is 516. The van der Waals surface area contributed by atoms with Gasteiger partial charge in [0.2, 0.25) is 0 Å². The molecule has 2 rings (SSSR count). The zero-order valence-electron chi connectivity index (χ0n) is 13.1. The molecule has 0 atom stereocenters. The second-order valence-corrected chi connectivity index (χ2v) is 5.29. The maximum absolute atomic E-state index is 5.59. The van der Waals surface area contributed by atoms with Crippen molar-refractivity contribution in [2.75, 3.05) is 11.9 Å². The number of hydrogen-bond donors (Lipinski definition) is 1. The van der Waals surface area contributed by atoms with Gasteiger partial charge in [0, 0.05) is 12.2 Å². The van der Waals surface area contributed by atoms with Gasteiger partial charge in [-0.05, 0) is 48.2 Å². The van der Waals surface area contributed by atoms with E-state index in [1.54, 1.807) is 0 Å². The SMILES string of the molecule is CCCOc1ccc(CNc2ccc(CCC)cc2)cc1. The van der Waals surface area contributed by atoms with Gasteiger partial charge in [-0.1, -0.05) is 44.5 Å². The van der Waals surface area contributed by atoms with E-state index in [0.717, 1.165) is 31.7 Å². The van der Waals surface area contributed by atoms with Crippen molar-refractivity contribution in [2.45, 2.75) is 39.7 Å². The highest BCUT2D eigenvalue weighted by atomic mass is 16.5. The van der Waals surface area contributed by atoms with Crippen LogP contribution in [0.25, 0.3) is 0 Å². The fourth-order valence-electron chi connectivity index (χ4n) is 2.21. The summed E-state index contributed by atoms with van der Waals surface area (Å²) in [6, 6.07) is 17.0. The van der Waals surface area contributed by atoms with E-state index in [0.29, 0.717) is 0 Å². The van der Waals surface area contributed by atoms with Crippen LogP contribution in [0.5, 0.6) is 5.75 Å². The summed E-state index contributed by atoms with van der Waals surface area (Å²) in [5.74, 6) is 0.949. The Kier molecular flexibility index (Phi) is 6.14. The van der Waals surface area contributed by atoms with E-state index < -0.39 is 0 Å². The summed E-state index contributed by atoms with van der Waals surface area (Å²) in [4.78, 5) is 0. The van der Waals surface area contributed by atoms with Gasteiger partial charge in [-0.25, -0.2) is 0 Å². The van der Waals surface area contributed by atoms with Crippen molar-refractivity contribution in [3.8, 4) is 5.75 Å². The molecular formula is C19H25NO. The van der Waals surface area contributed by atoms with Crippen molar-refractivity contribution < 1.29 is 4.74 Å². The van der Waals surface area contributed by atoms with Crippen molar-refractivity contribution in [1.82, 2.24) is 0 Å². The van der Waals surface area contributed by atoms with Crippen LogP contribution >= 0.6 is 0 Å². The van der Waals surface area contributed by atoms with Crippen LogP contribution in [0.15, 0.2) is 48.5 Å². The third-order valence-electron chi connectivity index (χ3n) is 3.39. The van der Waals surface area contributed by atoms with Gasteiger partial charge in [0.25, 0.3) is 0 Å². The average Bonchev–Trinajstić information content (AvgIpc) is 2.53. The molecule has 0 heterocycles. The molecule has 0 amide bonds. The van der Waals surface area contributed by atoms with E-state index in [2.05, 4.69) is 55.6 Å². The Balaban J connectivity index is 1.84. The van der Waals surface area contributed by atoms with Crippen LogP contribution in [-0.2, 0) is 13.0 Å². The highest BCUT2D eigenvalue weighted by molar-refractivity contribution is 5.45. The first-order valence-corrected chi connectivity index (χ1v) is 7.86. The van der Waals surface area contributed by atoms with Crippen LogP contribution in [0.1, 0.15) is 37.8 Å². The predicted octanol–water partition coefficient (Wildman–Crippen LogP) is 5.04. The van der Waals surface area contributed by atoms with Crippen LogP contribution in [0.3, 0.4) is 0 Å². The Hall–Kier alpha value is -1.96. The van der Waals surface area contributed by atoms with Crippen molar-refractivity contribution in [1.29, 1.82) is 0 Å². The summed E-state index contributed by atoms with van der Waals surface area (Å²) in [6.45, 7) is 5.94. The highest BCUT2D eigenvalue weighted by Gasteiger charge is 1.97. The normalized spacial score (nSPS) is 10.4. The molecule has 0 radical (unpaired) electrons. The Morgan fingerprint density at radius 2 is 1.48 bits per heavy atom. The number of benzene rings is 2. The lowest BCUT2D eigenvalue weighted by molar-refractivity contribution is 0.317. The fourth-order valence-corrected chi connectivity index (χ4v) is 2.21. The molecule has 0 unspecified atom stereocenters. The van der Waals surface area contributed by atoms with E-state index in [4.69, 9.17) is 4.74 Å². The molecular weight excluding hydrogens is 258 g/mol. The lowest BCUT2D eigenvalue weighted by Gasteiger charge is -2.09. The molecule has 2 nitrogen and oxygen atoms in total. The van der Waals surface area contributed by atoms with E-state index in [1.807, 2.05) is 12.1 Å². The second-order valence-electron chi connectivity index (χ2n) is 5.29. The lowest BCUT2D eigenvalue weighted by atomic mass is 10.1. The molecule has 2 aromatic carbocycles. The molecule has 0 aliphatic heterocycles. The third-order valence-corrected chi connectivity index (χ3v) is 3.39. The predicted molar refractivity (Wildman–Crippen MR) is 90.0 cm³/mol. The van der Waals surface area contributed by atoms with Crippen LogP contribution in [0.4, 0.5) is 5.69 Å². The minimum Gasteiger partial charge on any atom is -0.494 e. The summed E-state index contributed by atoms with van der Waals surface area (Å²) in [7, 11) is 0. The topological polar surface area (TPSA) is 21.3 Å². The second kappa shape index (κ2) is 8.35. The van der Waals surface area contributed by atoms with Crippen LogP contribution in [-0.4, -0.2) is 6.61 Å². The van der Waals surface area contributed by atoms with Crippen LogP contribution in [0.2, 0.25) is 0 Å². The Morgan fingerprint density at radius 1 is 0.810 bits per heavy atom. The van der Waals surface area contributed by atoms with Gasteiger partial charge in [0.1, 0.15) is 5.75 Å². The molecule has 1 N–H and O–H groups in total. The Morgan fingerprint density at radius 3 is 2.10 bits per heavy atom. The maximum atomic E-state index is 5.59. The fraction of sp³-hybridized carbons (Fsp3) is 0.368. The molecule has 0 aliphatic rings. The van der Waals surface area contributed by atoms with E-state index in [-0.39, 0.29) is 0 Å². The van der Waals surface area contributed by atoms with Gasteiger partial charge in [-0.15, -0.1) is 0 Å². The molecule has 0 aliphatic carbocycles. The number of hydrogen-bond acceptors (Lipinski definition) is 2. The molecule has 112 valence electrons. The zero-order chi connectivity index (χ0) is 14.9. The van der Waals surface area contributed by atoms with Crippen molar-refractivity contribution in [3.63, 3.8) is 0 Å². The number of nitrogens with one attached hydrogen (secondary N) is 1. The van der Waals surface area contributed by atoms with E-state index >= 15 is 0 Å². The lowest BCUT2D eigenvalue weighted by Crippen LogP contribution is -2.00. The van der Waals surface area contributed by atoms with Crippen LogP contribution < -0.4 is 10.1 Å². The van der Waals surface area contributed by atoms with Gasteiger partial charge in [-0.2, -0.15) is 0 Å². The average molecular weight is 283 g/mol. The largest absolute Gasteiger partial charge is 0.494 e. The summed E-state index contributed by atoms with van der Waals surface area (Å²) < 4.78 is 5.59. The monoisotopic (exact) mass is 283 g/mol. The Labute approximate surface area is 128 Å². The van der Waals surface area contributed by atoms with E-state index in [9.17, 15) is 0 Å². The molecule has 2 heteroatoms. The molecule has 0 bridgehead atoms. The molecule has 0 saturated carbocycles. The first-order valence-electron chi connectivity index (χ1n) is 7.86. The van der Waals surface area contributed by atoms with Gasteiger partial charge in [0.05, 0.1) is 6.61 Å². The summed E-state index contributed by atoms with van der Waals surface area (Å²) in [6.07, 6.45) is 3.38. The van der Waals surface area contributed by atoms with Gasteiger partial charge >= 0.3 is 0 Å². The van der Waals surface area contributed by atoms with Crippen LogP contribution in [0, 0.1) is 0 Å². The molecule has 2 aromatic rings. The highest BCUT2D eigenvalue weighted by Crippen LogP contribution is 2.15. The van der Waals surface area contributed by atoms with Gasteiger partial charge in [-0.3, -0.25) is 0 Å². The molecule has 0 fully saturated rings. The van der Waals surface area contributed by atoms with E-state index in [1.165, 1.54) is 23.2 Å². The maximum Gasteiger partial charge on any atom is 0.119 e. The minimum atomic E-state index is 0.779. The third kappa shape index (κ3) is 5.14. The van der Waals surface area contributed by atoms with Gasteiger partial charge in [0.15, 0.2) is 0 Å². The smallest absolute Gasteiger partial charge is 0.119 e. The van der Waals surface area contributed by atoms with Crippen molar-refractivity contribution in [2.24, 2.45) is 0 Å². The first-order chi connectivity index (χ1) is 10.3. The van der Waals surface area contributed by atoms with Crippen molar-refractivity contribution in [3.05, 3.63) is 59.7 Å². The molecule has 21 heavy (non-hydrogen) atoms. The number of anilines is 1. The molecule has 0 saturated heterocycles. The zero-order valence-corrected chi connectivity index (χ0v) is 13.1. The number of ether oxygens (including phenoxy) is 1. The first kappa shape index (κ1) is 15.4. The summed E-state index contributed by atoms with van der Waals surface area (Å²) >= 11 is 0. The van der Waals surface area contributed by atoms with Crippen molar-refractivity contribution >= 4 is 5.69 Å². The summed E-state index contributed by atoms with van der Waals surface area (Å²) in [5, 5.41) is 3.45. The standard InChI is InChI=1S/C19H25NO/c1-3-5-16-6-10-18(11-7-16)20-15-17-8-12-19(13-9-17)21-14-4-2/h6-13,20H,3-5,14-15H2,1-2H3. The number of rotatable bonds is 8. The molecule has 0 aromatic heterocycles. The van der Waals surface area contributed by atoms with Gasteiger partial charge < -0.3 is 10.1 Å². The minimum absolute atomic E-state index is 0.779. The molecule has 0 spiro atoms. The number of aryl methyl sites for hydroxylation is 1. The summed E-state index contributed by atoms with van der Waals surface area (Å²) in [5.41, 5.74) is 3.83. The quantitative estimate of drug-likeness (QED) is 0.732.